The molecule has 1 saturated heterocycles. The van der Waals surface area contributed by atoms with Crippen molar-refractivity contribution in [2.75, 3.05) is 20.2 Å². The highest BCUT2D eigenvalue weighted by Crippen LogP contribution is 2.47. The molecule has 2 heterocycles. The Labute approximate surface area is 154 Å². The number of rotatable bonds is 5. The molecule has 1 saturated carbocycles. The maximum atomic E-state index is 13.0. The summed E-state index contributed by atoms with van der Waals surface area (Å²) in [6, 6.07) is 7.39. The van der Waals surface area contributed by atoms with Crippen LogP contribution in [0.4, 0.5) is 0 Å². The number of aromatic nitrogens is 3. The predicted octanol–water partition coefficient (Wildman–Crippen LogP) is 3.20. The third-order valence-electron chi connectivity index (χ3n) is 5.58. The first-order chi connectivity index (χ1) is 12.6. The minimum absolute atomic E-state index is 0.0700. The van der Waals surface area contributed by atoms with Crippen molar-refractivity contribution < 1.29 is 9.53 Å². The van der Waals surface area contributed by atoms with E-state index in [0.717, 1.165) is 18.2 Å². The van der Waals surface area contributed by atoms with Gasteiger partial charge in [0, 0.05) is 30.5 Å². The Bertz CT molecular complexity index is 797. The van der Waals surface area contributed by atoms with Gasteiger partial charge in [0.25, 0.3) is 5.91 Å². The molecule has 1 aliphatic heterocycles. The van der Waals surface area contributed by atoms with Crippen molar-refractivity contribution in [3.8, 4) is 5.75 Å². The van der Waals surface area contributed by atoms with Crippen LogP contribution in [0.3, 0.4) is 0 Å². The van der Waals surface area contributed by atoms with Gasteiger partial charge in [-0.1, -0.05) is 19.9 Å². The van der Waals surface area contributed by atoms with E-state index in [1.165, 1.54) is 12.8 Å². The van der Waals surface area contributed by atoms with Gasteiger partial charge in [0.05, 0.1) is 7.11 Å². The minimum atomic E-state index is 0.0700. The number of hydrogen-bond donors (Lipinski definition) is 1. The smallest absolute Gasteiger partial charge is 0.254 e. The lowest BCUT2D eigenvalue weighted by molar-refractivity contribution is 0.0784. The third kappa shape index (κ3) is 3.20. The molecule has 1 aliphatic carbocycles. The molecule has 2 atom stereocenters. The van der Waals surface area contributed by atoms with E-state index < -0.39 is 0 Å². The van der Waals surface area contributed by atoms with Crippen LogP contribution in [0.2, 0.25) is 0 Å². The van der Waals surface area contributed by atoms with Crippen molar-refractivity contribution in [3.63, 3.8) is 0 Å². The summed E-state index contributed by atoms with van der Waals surface area (Å²) in [5.41, 5.74) is 0.681. The van der Waals surface area contributed by atoms with Crippen molar-refractivity contribution in [1.29, 1.82) is 0 Å². The topological polar surface area (TPSA) is 71.1 Å². The molecular formula is C20H26N4O2. The first-order valence-electron chi connectivity index (χ1n) is 9.42. The van der Waals surface area contributed by atoms with Crippen LogP contribution >= 0.6 is 0 Å². The van der Waals surface area contributed by atoms with Gasteiger partial charge in [0.1, 0.15) is 11.6 Å². The maximum absolute atomic E-state index is 13.0. The van der Waals surface area contributed by atoms with Crippen molar-refractivity contribution in [3.05, 3.63) is 41.5 Å². The van der Waals surface area contributed by atoms with Gasteiger partial charge in [-0.3, -0.25) is 9.89 Å². The van der Waals surface area contributed by atoms with Crippen LogP contribution in [0.15, 0.2) is 24.3 Å². The number of aromatic amines is 1. The van der Waals surface area contributed by atoms with Crippen LogP contribution < -0.4 is 4.74 Å². The van der Waals surface area contributed by atoms with Crippen LogP contribution in [0.1, 0.15) is 60.5 Å². The van der Waals surface area contributed by atoms with Crippen LogP contribution in [0.5, 0.6) is 5.75 Å². The molecule has 6 heteroatoms. The second kappa shape index (κ2) is 6.74. The van der Waals surface area contributed by atoms with E-state index in [2.05, 4.69) is 24.0 Å². The Morgan fingerprint density at radius 1 is 1.31 bits per heavy atom. The molecule has 138 valence electrons. The van der Waals surface area contributed by atoms with Crippen molar-refractivity contribution >= 4 is 5.91 Å². The molecule has 6 nitrogen and oxygen atoms in total. The van der Waals surface area contributed by atoms with E-state index in [1.54, 1.807) is 7.11 Å². The zero-order valence-corrected chi connectivity index (χ0v) is 15.6. The zero-order valence-electron chi connectivity index (χ0n) is 15.6. The van der Waals surface area contributed by atoms with Crippen LogP contribution in [-0.2, 0) is 0 Å². The van der Waals surface area contributed by atoms with Crippen LogP contribution in [0.25, 0.3) is 0 Å². The summed E-state index contributed by atoms with van der Waals surface area (Å²) in [5.74, 6) is 4.29. The molecule has 1 amide bonds. The standard InChI is InChI=1S/C20H26N4O2/c1-12(2)18-21-19(23-22-18)17-11-24(10-16(17)13-7-8-13)20(25)14-5-4-6-15(9-14)26-3/h4-6,9,12-13,16-17H,7-8,10-11H2,1-3H3,(H,21,22,23)/t16-,17+/m1/s1. The summed E-state index contributed by atoms with van der Waals surface area (Å²) in [7, 11) is 1.62. The Balaban J connectivity index is 1.56. The zero-order chi connectivity index (χ0) is 18.3. The number of H-pyrrole nitrogens is 1. The molecule has 0 bridgehead atoms. The Morgan fingerprint density at radius 2 is 2.12 bits per heavy atom. The first kappa shape index (κ1) is 17.1. The van der Waals surface area contributed by atoms with Gasteiger partial charge in [-0.25, -0.2) is 4.98 Å². The molecule has 2 aromatic rings. The summed E-state index contributed by atoms with van der Waals surface area (Å²) in [6.45, 7) is 5.68. The third-order valence-corrected chi connectivity index (χ3v) is 5.58. The van der Waals surface area contributed by atoms with E-state index in [0.29, 0.717) is 35.6 Å². The Kier molecular flexibility index (Phi) is 4.42. The molecule has 0 spiro atoms. The van der Waals surface area contributed by atoms with Crippen molar-refractivity contribution in [2.24, 2.45) is 11.8 Å². The number of nitrogens with one attached hydrogen (secondary N) is 1. The fourth-order valence-corrected chi connectivity index (χ4v) is 3.94. The average Bonchev–Trinajstić information content (AvgIpc) is 3.21. The summed E-state index contributed by atoms with van der Waals surface area (Å²) >= 11 is 0. The molecule has 0 unspecified atom stereocenters. The molecule has 1 aromatic carbocycles. The van der Waals surface area contributed by atoms with Crippen molar-refractivity contribution in [1.82, 2.24) is 20.1 Å². The lowest BCUT2D eigenvalue weighted by atomic mass is 9.91. The monoisotopic (exact) mass is 354 g/mol. The van der Waals surface area contributed by atoms with Gasteiger partial charge in [-0.15, -0.1) is 0 Å². The number of hydrogen-bond acceptors (Lipinski definition) is 4. The summed E-state index contributed by atoms with van der Waals surface area (Å²) in [4.78, 5) is 19.7. The normalized spacial score (nSPS) is 22.8. The SMILES string of the molecule is COc1cccc(C(=O)N2C[C@H](c3nc(C(C)C)n[nH]3)[C@@H](C3CC3)C2)c1. The highest BCUT2D eigenvalue weighted by Gasteiger charge is 2.45. The van der Waals surface area contributed by atoms with Gasteiger partial charge < -0.3 is 9.64 Å². The second-order valence-electron chi connectivity index (χ2n) is 7.78. The Hall–Kier alpha value is -2.37. The van der Waals surface area contributed by atoms with E-state index in [1.807, 2.05) is 29.2 Å². The van der Waals surface area contributed by atoms with E-state index in [-0.39, 0.29) is 11.8 Å². The fraction of sp³-hybridized carbons (Fsp3) is 0.550. The number of methoxy groups -OCH3 is 1. The number of benzene rings is 1. The summed E-state index contributed by atoms with van der Waals surface area (Å²) in [5, 5.41) is 7.51. The number of nitrogens with zero attached hydrogens (tertiary/aromatic N) is 3. The molecule has 4 rings (SSSR count). The number of carbonyl (C=O) groups is 1. The van der Waals surface area contributed by atoms with Gasteiger partial charge in [-0.05, 0) is 42.9 Å². The van der Waals surface area contributed by atoms with E-state index >= 15 is 0 Å². The first-order valence-corrected chi connectivity index (χ1v) is 9.42. The highest BCUT2D eigenvalue weighted by atomic mass is 16.5. The number of amides is 1. The number of likely N-dealkylation sites (tertiary alicyclic amines) is 1. The Morgan fingerprint density at radius 3 is 2.77 bits per heavy atom. The van der Waals surface area contributed by atoms with Gasteiger partial charge in [-0.2, -0.15) is 5.10 Å². The van der Waals surface area contributed by atoms with Crippen molar-refractivity contribution in [2.45, 2.75) is 38.5 Å². The molecule has 1 aromatic heterocycles. The number of ether oxygens (including phenoxy) is 1. The van der Waals surface area contributed by atoms with Crippen LogP contribution in [0, 0.1) is 11.8 Å². The quantitative estimate of drug-likeness (QED) is 0.895. The minimum Gasteiger partial charge on any atom is -0.497 e. The number of carbonyl (C=O) groups excluding carboxylic acids is 1. The molecular weight excluding hydrogens is 328 g/mol. The molecule has 26 heavy (non-hydrogen) atoms. The van der Waals surface area contributed by atoms with Crippen LogP contribution in [-0.4, -0.2) is 46.2 Å². The molecule has 1 N–H and O–H groups in total. The fourth-order valence-electron chi connectivity index (χ4n) is 3.94. The van der Waals surface area contributed by atoms with Gasteiger partial charge in [0.15, 0.2) is 5.82 Å². The lowest BCUT2D eigenvalue weighted by Gasteiger charge is -2.16. The maximum Gasteiger partial charge on any atom is 0.254 e. The molecule has 0 radical (unpaired) electrons. The molecule has 2 aliphatic rings. The highest BCUT2D eigenvalue weighted by molar-refractivity contribution is 5.94. The molecule has 2 fully saturated rings. The van der Waals surface area contributed by atoms with Gasteiger partial charge >= 0.3 is 0 Å². The summed E-state index contributed by atoms with van der Waals surface area (Å²) in [6.07, 6.45) is 2.51. The predicted molar refractivity (Wildman–Crippen MR) is 98.3 cm³/mol. The van der Waals surface area contributed by atoms with E-state index in [9.17, 15) is 4.79 Å². The average molecular weight is 354 g/mol. The van der Waals surface area contributed by atoms with Gasteiger partial charge in [0.2, 0.25) is 0 Å². The lowest BCUT2D eigenvalue weighted by Crippen LogP contribution is -2.29. The second-order valence-corrected chi connectivity index (χ2v) is 7.78. The largest absolute Gasteiger partial charge is 0.497 e. The summed E-state index contributed by atoms with van der Waals surface area (Å²) < 4.78 is 5.26. The van der Waals surface area contributed by atoms with E-state index in [4.69, 9.17) is 9.72 Å².